The Morgan fingerprint density at radius 3 is 2.71 bits per heavy atom. The Morgan fingerprint density at radius 2 is 2.08 bits per heavy atom. The maximum atomic E-state index is 12.3. The minimum absolute atomic E-state index is 0.269. The Labute approximate surface area is 148 Å². The predicted octanol–water partition coefficient (Wildman–Crippen LogP) is 3.20. The van der Waals surface area contributed by atoms with E-state index >= 15 is 0 Å². The van der Waals surface area contributed by atoms with Crippen molar-refractivity contribution in [3.05, 3.63) is 18.2 Å². The van der Waals surface area contributed by atoms with E-state index in [4.69, 9.17) is 0 Å². The molecule has 0 unspecified atom stereocenters. The Hall–Kier alpha value is -1.49. The van der Waals surface area contributed by atoms with Gasteiger partial charge in [-0.25, -0.2) is 17.7 Å². The topological polar surface area (TPSA) is 55.2 Å². The van der Waals surface area contributed by atoms with Gasteiger partial charge in [-0.05, 0) is 31.5 Å². The van der Waals surface area contributed by atoms with Crippen LogP contribution in [0.5, 0.6) is 0 Å². The van der Waals surface area contributed by atoms with Gasteiger partial charge in [0, 0.05) is 20.6 Å². The van der Waals surface area contributed by atoms with E-state index in [9.17, 15) is 8.42 Å². The van der Waals surface area contributed by atoms with Crippen LogP contribution in [0.1, 0.15) is 26.7 Å². The molecule has 1 heterocycles. The summed E-state index contributed by atoms with van der Waals surface area (Å²) in [4.78, 5) is 4.91. The van der Waals surface area contributed by atoms with Gasteiger partial charge >= 0.3 is 0 Å². The first-order valence-corrected chi connectivity index (χ1v) is 10.3. The van der Waals surface area contributed by atoms with Crippen molar-refractivity contribution in [1.82, 2.24) is 13.9 Å². The molecule has 0 fully saturated rings. The van der Waals surface area contributed by atoms with E-state index in [0.29, 0.717) is 11.3 Å². The third-order valence-electron chi connectivity index (χ3n) is 3.65. The van der Waals surface area contributed by atoms with Gasteiger partial charge in [0.05, 0.1) is 21.7 Å². The number of aryl methyl sites for hydroxylation is 1. The second-order valence-corrected chi connectivity index (χ2v) is 8.65. The van der Waals surface area contributed by atoms with Crippen LogP contribution >= 0.6 is 11.8 Å². The number of sulfonamides is 1. The second-order valence-electron chi connectivity index (χ2n) is 5.55. The molecule has 0 amide bonds. The third-order valence-corrected chi connectivity index (χ3v) is 6.32. The summed E-state index contributed by atoms with van der Waals surface area (Å²) in [5, 5.41) is 0.889. The summed E-state index contributed by atoms with van der Waals surface area (Å²) in [5.74, 6) is 6.59. The lowest BCUT2D eigenvalue weighted by Crippen LogP contribution is -2.22. The van der Waals surface area contributed by atoms with E-state index < -0.39 is 10.0 Å². The zero-order valence-corrected chi connectivity index (χ0v) is 16.2. The van der Waals surface area contributed by atoms with E-state index in [1.54, 1.807) is 23.9 Å². The van der Waals surface area contributed by atoms with Crippen LogP contribution in [0.15, 0.2) is 28.3 Å². The van der Waals surface area contributed by atoms with Crippen molar-refractivity contribution >= 4 is 32.8 Å². The van der Waals surface area contributed by atoms with Crippen LogP contribution in [-0.4, -0.2) is 42.1 Å². The molecule has 0 saturated carbocycles. The Balaban J connectivity index is 2.50. The number of hydrogen-bond donors (Lipinski definition) is 0. The lowest BCUT2D eigenvalue weighted by atomic mass is 10.3. The maximum absolute atomic E-state index is 12.3. The molecule has 2 rings (SSSR count). The molecular weight excluding hydrogens is 342 g/mol. The minimum atomic E-state index is -3.45. The monoisotopic (exact) mass is 365 g/mol. The highest BCUT2D eigenvalue weighted by Crippen LogP contribution is 2.27. The molecule has 0 aliphatic carbocycles. The predicted molar refractivity (Wildman–Crippen MR) is 99.7 cm³/mol. The first-order chi connectivity index (χ1) is 11.4. The second kappa shape index (κ2) is 8.06. The normalized spacial score (nSPS) is 11.7. The fourth-order valence-electron chi connectivity index (χ4n) is 2.27. The third kappa shape index (κ3) is 3.94. The van der Waals surface area contributed by atoms with E-state index in [1.165, 1.54) is 18.4 Å². The molecule has 0 aliphatic heterocycles. The average Bonchev–Trinajstić information content (AvgIpc) is 2.89. The molecule has 0 spiro atoms. The van der Waals surface area contributed by atoms with Gasteiger partial charge < -0.3 is 4.57 Å². The van der Waals surface area contributed by atoms with Crippen LogP contribution in [0.25, 0.3) is 11.0 Å². The number of rotatable bonds is 7. The Bertz CT molecular complexity index is 874. The summed E-state index contributed by atoms with van der Waals surface area (Å²) in [6, 6.07) is 5.16. The van der Waals surface area contributed by atoms with Crippen LogP contribution in [0.2, 0.25) is 0 Å². The van der Waals surface area contributed by atoms with Gasteiger partial charge in [-0.3, -0.25) is 0 Å². The molecule has 1 aromatic heterocycles. The molecule has 0 radical (unpaired) electrons. The van der Waals surface area contributed by atoms with Crippen molar-refractivity contribution in [2.75, 3.05) is 19.8 Å². The SMILES string of the molecule is CC#CCSc1nc2cc(S(=O)(=O)N(C)C)ccc2n1CCCC. The molecule has 0 N–H and O–H groups in total. The van der Waals surface area contributed by atoms with Crippen molar-refractivity contribution < 1.29 is 8.42 Å². The molecular formula is C17H23N3O2S2. The number of nitrogens with zero attached hydrogens (tertiary/aromatic N) is 3. The summed E-state index contributed by atoms with van der Waals surface area (Å²) in [7, 11) is -0.391. The minimum Gasteiger partial charge on any atom is -0.319 e. The highest BCUT2D eigenvalue weighted by molar-refractivity contribution is 7.99. The molecule has 0 saturated heterocycles. The van der Waals surface area contributed by atoms with E-state index in [-0.39, 0.29) is 4.90 Å². The van der Waals surface area contributed by atoms with Crippen molar-refractivity contribution in [3.8, 4) is 11.8 Å². The molecule has 0 bridgehead atoms. The van der Waals surface area contributed by atoms with Crippen molar-refractivity contribution in [2.24, 2.45) is 0 Å². The lowest BCUT2D eigenvalue weighted by Gasteiger charge is -2.11. The summed E-state index contributed by atoms with van der Waals surface area (Å²) in [6.07, 6.45) is 2.14. The van der Waals surface area contributed by atoms with Gasteiger partial charge in [0.25, 0.3) is 0 Å². The molecule has 1 aromatic carbocycles. The molecule has 2 aromatic rings. The highest BCUT2D eigenvalue weighted by atomic mass is 32.2. The number of imidazole rings is 1. The highest BCUT2D eigenvalue weighted by Gasteiger charge is 2.19. The largest absolute Gasteiger partial charge is 0.319 e. The molecule has 0 atom stereocenters. The number of fused-ring (bicyclic) bond motifs is 1. The van der Waals surface area contributed by atoms with Gasteiger partial charge in [0.1, 0.15) is 0 Å². The van der Waals surface area contributed by atoms with Crippen molar-refractivity contribution in [1.29, 1.82) is 0 Å². The van der Waals surface area contributed by atoms with Gasteiger partial charge in [-0.1, -0.05) is 31.0 Å². The zero-order valence-electron chi connectivity index (χ0n) is 14.5. The average molecular weight is 366 g/mol. The lowest BCUT2D eigenvalue weighted by molar-refractivity contribution is 0.521. The molecule has 0 aliphatic rings. The van der Waals surface area contributed by atoms with E-state index in [0.717, 1.165) is 30.1 Å². The van der Waals surface area contributed by atoms with E-state index in [1.807, 2.05) is 13.0 Å². The summed E-state index contributed by atoms with van der Waals surface area (Å²) >= 11 is 1.59. The fraction of sp³-hybridized carbons (Fsp3) is 0.471. The summed E-state index contributed by atoms with van der Waals surface area (Å²) < 4.78 is 28.0. The zero-order chi connectivity index (χ0) is 17.7. The number of thioether (sulfide) groups is 1. The van der Waals surface area contributed by atoms with Crippen molar-refractivity contribution in [2.45, 2.75) is 43.3 Å². The molecule has 7 heteroatoms. The number of hydrogen-bond acceptors (Lipinski definition) is 4. The van der Waals surface area contributed by atoms with Crippen LogP contribution in [0.3, 0.4) is 0 Å². The van der Waals surface area contributed by atoms with Crippen LogP contribution in [0, 0.1) is 11.8 Å². The van der Waals surface area contributed by atoms with Gasteiger partial charge in [-0.15, -0.1) is 5.92 Å². The fourth-order valence-corrected chi connectivity index (χ4v) is 4.05. The maximum Gasteiger partial charge on any atom is 0.242 e. The van der Waals surface area contributed by atoms with Crippen LogP contribution in [-0.2, 0) is 16.6 Å². The van der Waals surface area contributed by atoms with Gasteiger partial charge in [0.2, 0.25) is 10.0 Å². The molecule has 24 heavy (non-hydrogen) atoms. The molecule has 130 valence electrons. The summed E-state index contributed by atoms with van der Waals surface area (Å²) in [5.41, 5.74) is 1.68. The molecule has 5 nitrogen and oxygen atoms in total. The summed E-state index contributed by atoms with van der Waals surface area (Å²) in [6.45, 7) is 4.84. The van der Waals surface area contributed by atoms with Crippen molar-refractivity contribution in [3.63, 3.8) is 0 Å². The number of benzene rings is 1. The number of unbranched alkanes of at least 4 members (excludes halogenated alkanes) is 1. The van der Waals surface area contributed by atoms with Crippen LogP contribution in [0.4, 0.5) is 0 Å². The van der Waals surface area contributed by atoms with E-state index in [2.05, 4.69) is 28.3 Å². The standard InChI is InChI=1S/C17H23N3O2S2/c1-5-7-11-20-16-10-9-14(24(21,22)19(3)4)13-15(16)18-17(20)23-12-8-6-2/h9-10,13H,5,7,11-12H2,1-4H3. The first-order valence-electron chi connectivity index (χ1n) is 7.87. The smallest absolute Gasteiger partial charge is 0.242 e. The van der Waals surface area contributed by atoms with Crippen LogP contribution < -0.4 is 0 Å². The van der Waals surface area contributed by atoms with Gasteiger partial charge in [0.15, 0.2) is 5.16 Å². The first kappa shape index (κ1) is 18.8. The van der Waals surface area contributed by atoms with Gasteiger partial charge in [-0.2, -0.15) is 0 Å². The number of aromatic nitrogens is 2. The Morgan fingerprint density at radius 1 is 1.33 bits per heavy atom. The quantitative estimate of drug-likeness (QED) is 0.558. The Kier molecular flexibility index (Phi) is 6.33.